The van der Waals surface area contributed by atoms with E-state index in [-0.39, 0.29) is 18.2 Å². The second-order valence-electron chi connectivity index (χ2n) is 8.43. The summed E-state index contributed by atoms with van der Waals surface area (Å²) in [6.45, 7) is 8.19. The van der Waals surface area contributed by atoms with Gasteiger partial charge in [-0.15, -0.1) is 0 Å². The quantitative estimate of drug-likeness (QED) is 0.369. The van der Waals surface area contributed by atoms with E-state index >= 15 is 0 Å². The molecule has 34 heavy (non-hydrogen) atoms. The van der Waals surface area contributed by atoms with Gasteiger partial charge in [0.25, 0.3) is 5.91 Å². The number of H-pyrrole nitrogens is 1. The molecule has 1 aliphatic rings. The van der Waals surface area contributed by atoms with Gasteiger partial charge in [-0.05, 0) is 60.9 Å². The van der Waals surface area contributed by atoms with Crippen molar-refractivity contribution in [3.8, 4) is 22.8 Å². The molecule has 2 aromatic heterocycles. The summed E-state index contributed by atoms with van der Waals surface area (Å²) in [7, 11) is 0. The molecule has 0 bridgehead atoms. The molecule has 0 aliphatic carbocycles. The van der Waals surface area contributed by atoms with E-state index < -0.39 is 6.04 Å². The summed E-state index contributed by atoms with van der Waals surface area (Å²) < 4.78 is 11.3. The number of carbonyl (C=O) groups excluding carboxylic acids is 1. The Morgan fingerprint density at radius 3 is 2.85 bits per heavy atom. The molecule has 0 spiro atoms. The molecular formula is C27H25N3O4. The molecule has 1 amide bonds. The lowest BCUT2D eigenvalue weighted by molar-refractivity contribution is 0.0716. The number of nitrogens with zero attached hydrogens (tertiary/aromatic N) is 2. The average molecular weight is 456 g/mol. The molecule has 7 heteroatoms. The number of furan rings is 1. The van der Waals surface area contributed by atoms with Gasteiger partial charge in [-0.25, -0.2) is 0 Å². The summed E-state index contributed by atoms with van der Waals surface area (Å²) in [6.07, 6.45) is 3.28. The number of hydrogen-bond acceptors (Lipinski definition) is 5. The monoisotopic (exact) mass is 455 g/mol. The van der Waals surface area contributed by atoms with E-state index in [0.29, 0.717) is 35.1 Å². The molecule has 1 atom stereocenters. The van der Waals surface area contributed by atoms with Crippen LogP contribution in [0.15, 0.2) is 71.9 Å². The standard InChI is InChI=1S/C27H25N3O4/c1-4-10-33-19-8-5-7-18(14-19)25-22-23(21-13-16(2)12-17(3)26(21)31)28-29-24(22)27(32)30(25)15-20-9-6-11-34-20/h4-9,11-14,25,31H,1,10,15H2,2-3H3,(H,28,29). The molecule has 1 unspecified atom stereocenters. The zero-order valence-corrected chi connectivity index (χ0v) is 19.0. The fraction of sp³-hybridized carbons (Fsp3) is 0.185. The summed E-state index contributed by atoms with van der Waals surface area (Å²) in [5.41, 5.74) is 4.88. The summed E-state index contributed by atoms with van der Waals surface area (Å²) in [5.74, 6) is 1.32. The van der Waals surface area contributed by atoms with Crippen molar-refractivity contribution in [3.63, 3.8) is 0 Å². The first-order valence-corrected chi connectivity index (χ1v) is 11.0. The third-order valence-corrected chi connectivity index (χ3v) is 6.01. The molecule has 7 nitrogen and oxygen atoms in total. The van der Waals surface area contributed by atoms with Gasteiger partial charge in [0.2, 0.25) is 0 Å². The maximum atomic E-state index is 13.5. The molecule has 4 aromatic rings. The van der Waals surface area contributed by atoms with Crippen molar-refractivity contribution in [2.45, 2.75) is 26.4 Å². The van der Waals surface area contributed by atoms with Crippen LogP contribution in [0.5, 0.6) is 11.5 Å². The summed E-state index contributed by atoms with van der Waals surface area (Å²) in [4.78, 5) is 15.3. The Hall–Kier alpha value is -4.26. The van der Waals surface area contributed by atoms with Crippen LogP contribution < -0.4 is 4.74 Å². The van der Waals surface area contributed by atoms with E-state index in [1.807, 2.05) is 56.3 Å². The van der Waals surface area contributed by atoms with E-state index in [0.717, 1.165) is 22.3 Å². The fourth-order valence-electron chi connectivity index (χ4n) is 4.55. The third kappa shape index (κ3) is 3.65. The summed E-state index contributed by atoms with van der Waals surface area (Å²) in [6, 6.07) is 14.6. The Morgan fingerprint density at radius 1 is 1.24 bits per heavy atom. The second-order valence-corrected chi connectivity index (χ2v) is 8.43. The van der Waals surface area contributed by atoms with Crippen LogP contribution in [0.3, 0.4) is 0 Å². The number of aromatic nitrogens is 2. The molecule has 1 aliphatic heterocycles. The predicted molar refractivity (Wildman–Crippen MR) is 128 cm³/mol. The Morgan fingerprint density at radius 2 is 2.09 bits per heavy atom. The number of hydrogen-bond donors (Lipinski definition) is 2. The Bertz CT molecular complexity index is 1370. The first-order valence-electron chi connectivity index (χ1n) is 11.0. The Labute approximate surface area is 197 Å². The Kier molecular flexibility index (Phi) is 5.45. The van der Waals surface area contributed by atoms with Crippen molar-refractivity contribution in [1.29, 1.82) is 0 Å². The van der Waals surface area contributed by atoms with Crippen LogP contribution in [0.1, 0.15) is 44.5 Å². The number of fused-ring (bicyclic) bond motifs is 1. The number of carbonyl (C=O) groups is 1. The number of ether oxygens (including phenoxy) is 1. The molecule has 172 valence electrons. The normalized spacial score (nSPS) is 14.9. The number of amides is 1. The van der Waals surface area contributed by atoms with Crippen LogP contribution >= 0.6 is 0 Å². The van der Waals surface area contributed by atoms with Crippen molar-refractivity contribution < 1.29 is 19.1 Å². The molecule has 5 rings (SSSR count). The van der Waals surface area contributed by atoms with Gasteiger partial charge in [-0.1, -0.05) is 30.9 Å². The van der Waals surface area contributed by atoms with Crippen molar-refractivity contribution in [1.82, 2.24) is 15.1 Å². The zero-order valence-electron chi connectivity index (χ0n) is 19.0. The van der Waals surface area contributed by atoms with Crippen LogP contribution in [0.4, 0.5) is 0 Å². The molecule has 0 saturated carbocycles. The highest BCUT2D eigenvalue weighted by molar-refractivity contribution is 6.00. The van der Waals surface area contributed by atoms with Crippen molar-refractivity contribution in [3.05, 3.63) is 101 Å². The molecule has 2 aromatic carbocycles. The number of aromatic amines is 1. The van der Waals surface area contributed by atoms with Gasteiger partial charge in [-0.2, -0.15) is 5.10 Å². The van der Waals surface area contributed by atoms with Crippen molar-refractivity contribution in [2.75, 3.05) is 6.61 Å². The number of nitrogens with one attached hydrogen (secondary N) is 1. The molecule has 3 heterocycles. The minimum Gasteiger partial charge on any atom is -0.507 e. The Balaban J connectivity index is 1.67. The van der Waals surface area contributed by atoms with Crippen LogP contribution in [-0.4, -0.2) is 32.7 Å². The van der Waals surface area contributed by atoms with Gasteiger partial charge in [0, 0.05) is 11.1 Å². The summed E-state index contributed by atoms with van der Waals surface area (Å²) >= 11 is 0. The maximum absolute atomic E-state index is 13.5. The number of aromatic hydroxyl groups is 1. The van der Waals surface area contributed by atoms with E-state index in [1.165, 1.54) is 0 Å². The fourth-order valence-corrected chi connectivity index (χ4v) is 4.55. The predicted octanol–water partition coefficient (Wildman–Crippen LogP) is 5.30. The second kappa shape index (κ2) is 8.59. The van der Waals surface area contributed by atoms with Gasteiger partial charge in [0.1, 0.15) is 35.3 Å². The lowest BCUT2D eigenvalue weighted by Crippen LogP contribution is -2.29. The first kappa shape index (κ1) is 21.6. The smallest absolute Gasteiger partial charge is 0.273 e. The van der Waals surface area contributed by atoms with Crippen LogP contribution in [0.2, 0.25) is 0 Å². The number of benzene rings is 2. The zero-order chi connectivity index (χ0) is 23.8. The maximum Gasteiger partial charge on any atom is 0.273 e. The molecule has 0 radical (unpaired) electrons. The van der Waals surface area contributed by atoms with Crippen molar-refractivity contribution in [2.24, 2.45) is 0 Å². The molecule has 0 saturated heterocycles. The molecule has 0 fully saturated rings. The van der Waals surface area contributed by atoms with Crippen molar-refractivity contribution >= 4 is 5.91 Å². The number of aryl methyl sites for hydroxylation is 2. The minimum atomic E-state index is -0.450. The molecule has 2 N–H and O–H groups in total. The van der Waals surface area contributed by atoms with Gasteiger partial charge in [0.05, 0.1) is 18.8 Å². The lowest BCUT2D eigenvalue weighted by atomic mass is 9.94. The summed E-state index contributed by atoms with van der Waals surface area (Å²) in [5, 5.41) is 18.3. The van der Waals surface area contributed by atoms with Gasteiger partial charge < -0.3 is 19.2 Å². The van der Waals surface area contributed by atoms with E-state index in [1.54, 1.807) is 23.3 Å². The van der Waals surface area contributed by atoms with Gasteiger partial charge in [-0.3, -0.25) is 9.89 Å². The lowest BCUT2D eigenvalue weighted by Gasteiger charge is -2.26. The van der Waals surface area contributed by atoms with Crippen LogP contribution in [0.25, 0.3) is 11.3 Å². The van der Waals surface area contributed by atoms with E-state index in [4.69, 9.17) is 9.15 Å². The van der Waals surface area contributed by atoms with Gasteiger partial charge >= 0.3 is 0 Å². The highest BCUT2D eigenvalue weighted by Crippen LogP contribution is 2.46. The average Bonchev–Trinajstić information content (AvgIpc) is 3.55. The third-order valence-electron chi connectivity index (χ3n) is 6.01. The minimum absolute atomic E-state index is 0.152. The van der Waals surface area contributed by atoms with Crippen LogP contribution in [-0.2, 0) is 6.54 Å². The topological polar surface area (TPSA) is 91.6 Å². The molecular weight excluding hydrogens is 430 g/mol. The van der Waals surface area contributed by atoms with Crippen LogP contribution in [0, 0.1) is 13.8 Å². The SMILES string of the molecule is C=CCOc1cccc(C2c3c(-c4cc(C)cc(C)c4O)n[nH]c3C(=O)N2Cc2ccco2)c1. The van der Waals surface area contributed by atoms with Gasteiger partial charge in [0.15, 0.2) is 0 Å². The first-order chi connectivity index (χ1) is 16.5. The highest BCUT2D eigenvalue weighted by atomic mass is 16.5. The van der Waals surface area contributed by atoms with E-state index in [9.17, 15) is 9.90 Å². The number of rotatable bonds is 7. The number of phenolic OH excluding ortho intramolecular Hbond substituents is 1. The highest BCUT2D eigenvalue weighted by Gasteiger charge is 2.43. The largest absolute Gasteiger partial charge is 0.507 e. The van der Waals surface area contributed by atoms with E-state index in [2.05, 4.69) is 16.8 Å². The number of phenols is 1.